The highest BCUT2D eigenvalue weighted by atomic mass is 35.5. The highest BCUT2D eigenvalue weighted by Gasteiger charge is 2.34. The monoisotopic (exact) mass is 470 g/mol. The molecular weight excluding hydrogens is 436 g/mol. The molecule has 0 N–H and O–H groups in total. The number of rotatable bonds is 8. The summed E-state index contributed by atoms with van der Waals surface area (Å²) in [5.41, 5.74) is 2.32. The molecule has 1 aliphatic heterocycles. The Morgan fingerprint density at radius 3 is 2.30 bits per heavy atom. The molecule has 4 rings (SSSR count). The Bertz CT molecular complexity index is 1000. The van der Waals surface area contributed by atoms with Gasteiger partial charge in [0.05, 0.1) is 18.7 Å². The Morgan fingerprint density at radius 2 is 1.64 bits per heavy atom. The van der Waals surface area contributed by atoms with Crippen molar-refractivity contribution in [2.75, 3.05) is 33.3 Å². The van der Waals surface area contributed by atoms with Crippen LogP contribution >= 0.6 is 12.4 Å². The Morgan fingerprint density at radius 1 is 0.970 bits per heavy atom. The SMILES string of the molecule is CCC(C)(C)n1nnnc1C(c1ccccc1)N1CCN(Cc2ccccc2OC)CC1.Cl. The quantitative estimate of drug-likeness (QED) is 0.492. The first-order valence-electron chi connectivity index (χ1n) is 11.5. The molecule has 1 atom stereocenters. The first-order valence-corrected chi connectivity index (χ1v) is 11.5. The van der Waals surface area contributed by atoms with E-state index in [4.69, 9.17) is 4.74 Å². The van der Waals surface area contributed by atoms with Crippen molar-refractivity contribution in [3.8, 4) is 5.75 Å². The molecule has 0 aliphatic carbocycles. The van der Waals surface area contributed by atoms with Crippen molar-refractivity contribution in [1.29, 1.82) is 0 Å². The molecule has 0 radical (unpaired) electrons. The van der Waals surface area contributed by atoms with E-state index < -0.39 is 0 Å². The van der Waals surface area contributed by atoms with Crippen molar-refractivity contribution in [3.63, 3.8) is 0 Å². The molecule has 0 spiro atoms. The number of para-hydroxylation sites is 1. The second-order valence-electron chi connectivity index (χ2n) is 9.05. The maximum absolute atomic E-state index is 5.55. The Hall–Kier alpha value is -2.48. The van der Waals surface area contributed by atoms with Crippen molar-refractivity contribution >= 4 is 12.4 Å². The molecule has 1 fully saturated rings. The molecule has 3 aromatic rings. The second-order valence-corrected chi connectivity index (χ2v) is 9.05. The Kier molecular flexibility index (Phi) is 8.46. The van der Waals surface area contributed by atoms with Gasteiger partial charge in [0.1, 0.15) is 5.75 Å². The smallest absolute Gasteiger partial charge is 0.173 e. The van der Waals surface area contributed by atoms with Gasteiger partial charge in [-0.25, -0.2) is 4.68 Å². The van der Waals surface area contributed by atoms with E-state index in [9.17, 15) is 0 Å². The molecule has 1 aromatic heterocycles. The third-order valence-corrected chi connectivity index (χ3v) is 6.65. The van der Waals surface area contributed by atoms with Crippen molar-refractivity contribution in [3.05, 3.63) is 71.5 Å². The van der Waals surface area contributed by atoms with E-state index in [-0.39, 0.29) is 24.0 Å². The first kappa shape index (κ1) is 25.1. The molecule has 178 valence electrons. The van der Waals surface area contributed by atoms with E-state index in [0.717, 1.165) is 50.7 Å². The summed E-state index contributed by atoms with van der Waals surface area (Å²) in [5, 5.41) is 13.0. The van der Waals surface area contributed by atoms with Crippen LogP contribution in [0.3, 0.4) is 0 Å². The molecule has 0 bridgehead atoms. The van der Waals surface area contributed by atoms with E-state index in [0.29, 0.717) is 0 Å². The average molecular weight is 471 g/mol. The number of benzene rings is 2. The van der Waals surface area contributed by atoms with Crippen LogP contribution in [0.4, 0.5) is 0 Å². The number of piperazine rings is 1. The summed E-state index contributed by atoms with van der Waals surface area (Å²) in [7, 11) is 1.74. The summed E-state index contributed by atoms with van der Waals surface area (Å²) in [6.07, 6.45) is 0.958. The lowest BCUT2D eigenvalue weighted by Crippen LogP contribution is -2.48. The molecule has 7 nitrogen and oxygen atoms in total. The predicted molar refractivity (Wildman–Crippen MR) is 133 cm³/mol. The summed E-state index contributed by atoms with van der Waals surface area (Å²) in [4.78, 5) is 5.01. The van der Waals surface area contributed by atoms with E-state index >= 15 is 0 Å². The van der Waals surface area contributed by atoms with Gasteiger partial charge in [0.15, 0.2) is 5.82 Å². The lowest BCUT2D eigenvalue weighted by Gasteiger charge is -2.39. The van der Waals surface area contributed by atoms with Crippen LogP contribution in [0.15, 0.2) is 54.6 Å². The third kappa shape index (κ3) is 5.54. The minimum absolute atomic E-state index is 0. The Balaban J connectivity index is 0.00000306. The molecule has 1 unspecified atom stereocenters. The molecule has 0 amide bonds. The van der Waals surface area contributed by atoms with Gasteiger partial charge < -0.3 is 4.74 Å². The van der Waals surface area contributed by atoms with Crippen LogP contribution in [0.2, 0.25) is 0 Å². The lowest BCUT2D eigenvalue weighted by atomic mass is 9.99. The van der Waals surface area contributed by atoms with Crippen LogP contribution in [0.25, 0.3) is 0 Å². The zero-order valence-corrected chi connectivity index (χ0v) is 20.8. The molecule has 2 aromatic carbocycles. The summed E-state index contributed by atoms with van der Waals surface area (Å²) in [5.74, 6) is 1.87. The van der Waals surface area contributed by atoms with Gasteiger partial charge >= 0.3 is 0 Å². The fourth-order valence-corrected chi connectivity index (χ4v) is 4.36. The predicted octanol–water partition coefficient (Wildman–Crippen LogP) is 4.16. The van der Waals surface area contributed by atoms with Crippen molar-refractivity contribution in [2.45, 2.75) is 45.3 Å². The standard InChI is InChI=1S/C25H34N6O.ClH/c1-5-25(2,3)31-24(26-27-28-31)23(20-11-7-6-8-12-20)30-17-15-29(16-18-30)19-21-13-9-10-14-22(21)32-4;/h6-14,23H,5,15-19H2,1-4H3;1H. The summed E-state index contributed by atoms with van der Waals surface area (Å²) in [6, 6.07) is 18.9. The van der Waals surface area contributed by atoms with E-state index in [1.165, 1.54) is 11.1 Å². The summed E-state index contributed by atoms with van der Waals surface area (Å²) >= 11 is 0. The summed E-state index contributed by atoms with van der Waals surface area (Å²) < 4.78 is 7.57. The maximum Gasteiger partial charge on any atom is 0.173 e. The molecule has 1 saturated heterocycles. The van der Waals surface area contributed by atoms with Gasteiger partial charge in [0, 0.05) is 38.3 Å². The zero-order chi connectivity index (χ0) is 22.6. The molecule has 1 aliphatic rings. The van der Waals surface area contributed by atoms with Crippen LogP contribution < -0.4 is 4.74 Å². The number of aromatic nitrogens is 4. The molecular formula is C25H35ClN6O. The third-order valence-electron chi connectivity index (χ3n) is 6.65. The van der Waals surface area contributed by atoms with Crippen molar-refractivity contribution in [1.82, 2.24) is 30.0 Å². The van der Waals surface area contributed by atoms with Crippen LogP contribution in [0, 0.1) is 0 Å². The number of halogens is 1. The molecule has 8 heteroatoms. The fraction of sp³-hybridized carbons (Fsp3) is 0.480. The molecule has 33 heavy (non-hydrogen) atoms. The number of nitrogens with zero attached hydrogens (tertiary/aromatic N) is 6. The highest BCUT2D eigenvalue weighted by molar-refractivity contribution is 5.85. The maximum atomic E-state index is 5.55. The van der Waals surface area contributed by atoms with E-state index in [1.54, 1.807) is 7.11 Å². The first-order chi connectivity index (χ1) is 15.5. The van der Waals surface area contributed by atoms with Gasteiger partial charge in [0.2, 0.25) is 0 Å². The second kappa shape index (κ2) is 11.1. The van der Waals surface area contributed by atoms with E-state index in [2.05, 4.69) is 88.6 Å². The van der Waals surface area contributed by atoms with Crippen molar-refractivity contribution in [2.24, 2.45) is 0 Å². The molecule has 0 saturated carbocycles. The van der Waals surface area contributed by atoms with Gasteiger partial charge in [-0.15, -0.1) is 17.5 Å². The minimum Gasteiger partial charge on any atom is -0.496 e. The minimum atomic E-state index is -0.141. The van der Waals surface area contributed by atoms with Crippen molar-refractivity contribution < 1.29 is 4.74 Å². The Labute approximate surface area is 203 Å². The normalized spacial score (nSPS) is 16.2. The number of methoxy groups -OCH3 is 1. The van der Waals surface area contributed by atoms with Crippen LogP contribution in [-0.4, -0.2) is 63.3 Å². The topological polar surface area (TPSA) is 59.3 Å². The summed E-state index contributed by atoms with van der Waals surface area (Å²) in [6.45, 7) is 11.3. The average Bonchev–Trinajstić information content (AvgIpc) is 3.32. The van der Waals surface area contributed by atoms with Crippen LogP contribution in [0.5, 0.6) is 5.75 Å². The number of tetrazole rings is 1. The van der Waals surface area contributed by atoms with Gasteiger partial charge in [-0.1, -0.05) is 55.5 Å². The number of hydrogen-bond donors (Lipinski definition) is 0. The number of hydrogen-bond acceptors (Lipinski definition) is 6. The van der Waals surface area contributed by atoms with Gasteiger partial charge in [-0.05, 0) is 42.3 Å². The highest BCUT2D eigenvalue weighted by Crippen LogP contribution is 2.31. The largest absolute Gasteiger partial charge is 0.496 e. The van der Waals surface area contributed by atoms with Crippen LogP contribution in [-0.2, 0) is 12.1 Å². The van der Waals surface area contributed by atoms with Gasteiger partial charge in [0.25, 0.3) is 0 Å². The van der Waals surface area contributed by atoms with Crippen LogP contribution in [0.1, 0.15) is 50.2 Å². The lowest BCUT2D eigenvalue weighted by molar-refractivity contribution is 0.0967. The zero-order valence-electron chi connectivity index (χ0n) is 20.0. The van der Waals surface area contributed by atoms with Gasteiger partial charge in [-0.2, -0.15) is 0 Å². The van der Waals surface area contributed by atoms with Gasteiger partial charge in [-0.3, -0.25) is 9.80 Å². The molecule has 2 heterocycles. The number of ether oxygens (including phenoxy) is 1. The fourth-order valence-electron chi connectivity index (χ4n) is 4.36. The van der Waals surface area contributed by atoms with E-state index in [1.807, 2.05) is 16.8 Å².